The maximum atomic E-state index is 13.9. The molecule has 2 atom stereocenters. The lowest BCUT2D eigenvalue weighted by molar-refractivity contribution is -0.164. The van der Waals surface area contributed by atoms with Crippen molar-refractivity contribution in [2.24, 2.45) is 5.92 Å². The van der Waals surface area contributed by atoms with E-state index in [9.17, 15) is 34.5 Å². The second kappa shape index (κ2) is 21.5. The number of phenolic OH excluding ortho intramolecular Hbond substituents is 1. The Kier molecular flexibility index (Phi) is 15.1. The van der Waals surface area contributed by atoms with E-state index < -0.39 is 17.7 Å². The number of aromatic nitrogens is 1. The lowest BCUT2D eigenvalue weighted by atomic mass is 9.86. The van der Waals surface area contributed by atoms with Crippen molar-refractivity contribution in [3.05, 3.63) is 176 Å². The molecule has 5 aromatic carbocycles. The Morgan fingerprint density at radius 3 is 2.28 bits per heavy atom. The Morgan fingerprint density at radius 2 is 1.54 bits per heavy atom. The van der Waals surface area contributed by atoms with Gasteiger partial charge in [0, 0.05) is 53.2 Å². The molecule has 348 valence electrons. The number of piperidine rings is 1. The van der Waals surface area contributed by atoms with E-state index >= 15 is 0 Å². The SMILES string of the molecule is O=C(COc1cccc([C@](O)(C(=O)OCC2CCN(Cc3ccccc3)CC2)c2ccccc2)c1)NC1CC(NC(=O)c2ccc(CNC[C@H](O)c3ccc(O)c4[nH]c(=O)ccc34)cc2Br)C1. The number of likely N-dealkylation sites (tertiary alicyclic amines) is 1. The summed E-state index contributed by atoms with van der Waals surface area (Å²) < 4.78 is 12.3. The van der Waals surface area contributed by atoms with Crippen molar-refractivity contribution in [1.82, 2.24) is 25.8 Å². The van der Waals surface area contributed by atoms with Crippen molar-refractivity contribution in [2.75, 3.05) is 32.8 Å². The number of hydrogen-bond acceptors (Lipinski definition) is 11. The van der Waals surface area contributed by atoms with Gasteiger partial charge in [0.05, 0.1) is 23.8 Å². The summed E-state index contributed by atoms with van der Waals surface area (Å²) in [6, 6.07) is 36.6. The van der Waals surface area contributed by atoms with Gasteiger partial charge in [-0.3, -0.25) is 19.3 Å². The summed E-state index contributed by atoms with van der Waals surface area (Å²) in [4.78, 5) is 56.8. The van der Waals surface area contributed by atoms with Crippen LogP contribution in [0.3, 0.4) is 0 Å². The minimum Gasteiger partial charge on any atom is -0.506 e. The second-order valence-electron chi connectivity index (χ2n) is 17.3. The minimum absolute atomic E-state index is 0.0783. The van der Waals surface area contributed by atoms with E-state index in [4.69, 9.17) is 9.47 Å². The third-order valence-corrected chi connectivity index (χ3v) is 13.2. The van der Waals surface area contributed by atoms with Gasteiger partial charge in [0.2, 0.25) is 11.2 Å². The fourth-order valence-electron chi connectivity index (χ4n) is 8.74. The molecule has 0 bridgehead atoms. The van der Waals surface area contributed by atoms with Crippen LogP contribution < -0.4 is 26.2 Å². The van der Waals surface area contributed by atoms with Gasteiger partial charge in [-0.25, -0.2) is 4.79 Å². The molecule has 14 nitrogen and oxygen atoms in total. The number of nitrogens with one attached hydrogen (secondary N) is 4. The van der Waals surface area contributed by atoms with Gasteiger partial charge in [0.1, 0.15) is 11.5 Å². The third kappa shape index (κ3) is 11.6. The Labute approximate surface area is 396 Å². The first-order valence-corrected chi connectivity index (χ1v) is 23.3. The number of H-pyrrole nitrogens is 1. The average molecular weight is 973 g/mol. The number of aromatic amines is 1. The molecule has 1 saturated carbocycles. The number of carbonyl (C=O) groups excluding carboxylic acids is 3. The van der Waals surface area contributed by atoms with Crippen molar-refractivity contribution in [2.45, 2.75) is 62.6 Å². The van der Waals surface area contributed by atoms with E-state index in [1.54, 1.807) is 72.8 Å². The molecule has 67 heavy (non-hydrogen) atoms. The second-order valence-corrected chi connectivity index (χ2v) is 18.2. The van der Waals surface area contributed by atoms with Gasteiger partial charge in [-0.05, 0) is 119 Å². The van der Waals surface area contributed by atoms with Crippen molar-refractivity contribution in [3.8, 4) is 11.5 Å². The lowest BCUT2D eigenvalue weighted by Gasteiger charge is -2.36. The normalized spacial score (nSPS) is 17.7. The van der Waals surface area contributed by atoms with Crippen LogP contribution in [0.2, 0.25) is 0 Å². The summed E-state index contributed by atoms with van der Waals surface area (Å²) in [5.74, 6) is -0.984. The van der Waals surface area contributed by atoms with Crippen molar-refractivity contribution >= 4 is 44.6 Å². The number of aromatic hydroxyl groups is 1. The molecule has 7 N–H and O–H groups in total. The Hall–Kier alpha value is -6.36. The summed E-state index contributed by atoms with van der Waals surface area (Å²) in [5.41, 5.74) is 1.57. The number of esters is 1. The topological polar surface area (TPSA) is 203 Å². The zero-order valence-corrected chi connectivity index (χ0v) is 38.4. The molecule has 2 fully saturated rings. The van der Waals surface area contributed by atoms with Crippen molar-refractivity contribution in [1.29, 1.82) is 0 Å². The number of phenols is 1. The summed E-state index contributed by atoms with van der Waals surface area (Å²) in [6.45, 7) is 3.18. The maximum Gasteiger partial charge on any atom is 0.347 e. The number of carbonyl (C=O) groups is 3. The third-order valence-electron chi connectivity index (χ3n) is 12.6. The van der Waals surface area contributed by atoms with E-state index in [0.29, 0.717) is 51.7 Å². The number of aliphatic hydroxyl groups is 2. The molecule has 0 radical (unpaired) electrons. The number of fused-ring (bicyclic) bond motifs is 1. The molecule has 8 rings (SSSR count). The van der Waals surface area contributed by atoms with E-state index in [2.05, 4.69) is 53.9 Å². The highest BCUT2D eigenvalue weighted by Crippen LogP contribution is 2.34. The average Bonchev–Trinajstić information content (AvgIpc) is 3.33. The molecule has 6 aromatic rings. The molecular weight excluding hydrogens is 919 g/mol. The highest BCUT2D eigenvalue weighted by molar-refractivity contribution is 9.10. The maximum absolute atomic E-state index is 13.9. The fourth-order valence-corrected chi connectivity index (χ4v) is 9.35. The zero-order valence-electron chi connectivity index (χ0n) is 36.8. The van der Waals surface area contributed by atoms with E-state index in [1.165, 1.54) is 17.7 Å². The molecule has 0 spiro atoms. The van der Waals surface area contributed by atoms with Gasteiger partial charge in [-0.1, -0.05) is 84.9 Å². The standard InChI is InChI=1S/C52H54BrN5O9/c53-44-24-35(28-54-29-46(60)41-16-18-45(59)49-42(41)17-19-47(61)57-49)14-15-43(44)50(63)56-39-26-38(27-39)55-48(62)32-66-40-13-7-12-37(25-40)52(65,36-10-5-2-6-11-36)51(64)67-31-34-20-22-58(23-21-34)30-33-8-3-1-4-9-33/h1-19,24-25,34,38-39,46,54,59-60,65H,20-23,26-32H2,(H,55,62)(H,56,63)(H,57,61)/t38?,39?,46-,52-/m0/s1. The summed E-state index contributed by atoms with van der Waals surface area (Å²) in [7, 11) is 0. The lowest BCUT2D eigenvalue weighted by Crippen LogP contribution is -2.54. The van der Waals surface area contributed by atoms with E-state index in [1.807, 2.05) is 30.3 Å². The molecule has 2 heterocycles. The fraction of sp³-hybridized carbons (Fsp3) is 0.308. The van der Waals surface area contributed by atoms with Gasteiger partial charge in [-0.15, -0.1) is 0 Å². The van der Waals surface area contributed by atoms with Crippen molar-refractivity contribution < 1.29 is 39.2 Å². The van der Waals surface area contributed by atoms with Gasteiger partial charge >= 0.3 is 5.97 Å². The number of halogens is 1. The van der Waals surface area contributed by atoms with Crippen LogP contribution in [0, 0.1) is 5.92 Å². The minimum atomic E-state index is -2.11. The number of rotatable bonds is 18. The molecule has 2 amide bonds. The first-order chi connectivity index (χ1) is 32.4. The van der Waals surface area contributed by atoms with Gasteiger partial charge in [-0.2, -0.15) is 0 Å². The van der Waals surface area contributed by atoms with Gasteiger partial charge < -0.3 is 45.7 Å². The summed E-state index contributed by atoms with van der Waals surface area (Å²) >= 11 is 3.52. The predicted molar refractivity (Wildman–Crippen MR) is 256 cm³/mol. The molecular formula is C52H54BrN5O9. The number of nitrogens with zero attached hydrogens (tertiary/aromatic N) is 1. The number of benzene rings is 5. The van der Waals surface area contributed by atoms with Crippen LogP contribution in [0.15, 0.2) is 137 Å². The first-order valence-electron chi connectivity index (χ1n) is 22.5. The molecule has 15 heteroatoms. The number of pyridine rings is 1. The van der Waals surface area contributed by atoms with Crippen LogP contribution in [-0.2, 0) is 33.0 Å². The van der Waals surface area contributed by atoms with Crippen LogP contribution in [0.5, 0.6) is 11.5 Å². The summed E-state index contributed by atoms with van der Waals surface area (Å²) in [5, 5.41) is 42.9. The molecule has 0 unspecified atom stereocenters. The molecule has 1 aromatic heterocycles. The number of amides is 2. The largest absolute Gasteiger partial charge is 0.506 e. The monoisotopic (exact) mass is 971 g/mol. The zero-order chi connectivity index (χ0) is 46.9. The number of hydrogen-bond donors (Lipinski definition) is 7. The highest BCUT2D eigenvalue weighted by Gasteiger charge is 2.42. The van der Waals surface area contributed by atoms with Gasteiger partial charge in [0.25, 0.3) is 11.8 Å². The van der Waals surface area contributed by atoms with Crippen LogP contribution in [0.4, 0.5) is 0 Å². The molecule has 2 aliphatic rings. The van der Waals surface area contributed by atoms with Crippen molar-refractivity contribution in [3.63, 3.8) is 0 Å². The summed E-state index contributed by atoms with van der Waals surface area (Å²) in [6.07, 6.45) is 1.93. The first kappa shape index (κ1) is 47.1. The predicted octanol–water partition coefficient (Wildman–Crippen LogP) is 5.97. The van der Waals surface area contributed by atoms with E-state index in [0.717, 1.165) is 38.0 Å². The number of aliphatic hydroxyl groups excluding tert-OH is 1. The Morgan fingerprint density at radius 1 is 0.821 bits per heavy atom. The van der Waals surface area contributed by atoms with Crippen LogP contribution in [0.1, 0.15) is 70.0 Å². The molecule has 1 aliphatic heterocycles. The van der Waals surface area contributed by atoms with E-state index in [-0.39, 0.29) is 72.0 Å². The smallest absolute Gasteiger partial charge is 0.347 e. The quantitative estimate of drug-likeness (QED) is 0.0501. The van der Waals surface area contributed by atoms with Gasteiger partial charge in [0.15, 0.2) is 6.61 Å². The van der Waals surface area contributed by atoms with Crippen LogP contribution in [0.25, 0.3) is 10.9 Å². The highest BCUT2D eigenvalue weighted by atomic mass is 79.9. The Balaban J connectivity index is 0.774. The Bertz CT molecular complexity index is 2740. The molecule has 1 aliphatic carbocycles. The molecule has 1 saturated heterocycles. The number of ether oxygens (including phenoxy) is 2. The van der Waals surface area contributed by atoms with Crippen LogP contribution in [-0.4, -0.2) is 87.9 Å². The van der Waals surface area contributed by atoms with Crippen LogP contribution >= 0.6 is 15.9 Å².